The first-order chi connectivity index (χ1) is 19.1. The second kappa shape index (κ2) is 8.55. The molecule has 2 fully saturated rings. The monoisotopic (exact) mass is 508 g/mol. The van der Waals surface area contributed by atoms with Gasteiger partial charge in [-0.25, -0.2) is 0 Å². The number of benzene rings is 5. The normalized spacial score (nSPS) is 24.8. The van der Waals surface area contributed by atoms with Crippen molar-refractivity contribution in [1.29, 1.82) is 0 Å². The van der Waals surface area contributed by atoms with Crippen LogP contribution in [0.3, 0.4) is 0 Å². The van der Waals surface area contributed by atoms with E-state index in [4.69, 9.17) is 0 Å². The molecule has 3 aliphatic rings. The summed E-state index contributed by atoms with van der Waals surface area (Å²) in [5.74, 6) is 2.23. The number of fused-ring (bicyclic) bond motifs is 10. The number of hydrogen-bond acceptors (Lipinski definition) is 2. The van der Waals surface area contributed by atoms with Crippen molar-refractivity contribution >= 4 is 34.1 Å². The molecule has 192 valence electrons. The van der Waals surface area contributed by atoms with Crippen LogP contribution >= 0.6 is 0 Å². The van der Waals surface area contributed by atoms with Gasteiger partial charge in [-0.05, 0) is 103 Å². The van der Waals surface area contributed by atoms with Gasteiger partial charge in [-0.1, -0.05) is 105 Å². The third kappa shape index (κ3) is 3.06. The summed E-state index contributed by atoms with van der Waals surface area (Å²) in [4.78, 5) is 0. The van der Waals surface area contributed by atoms with E-state index in [1.54, 1.807) is 5.56 Å². The third-order valence-corrected chi connectivity index (χ3v) is 10.6. The largest absolute Gasteiger partial charge is 0.489 e. The molecule has 39 heavy (non-hydrogen) atoms. The van der Waals surface area contributed by atoms with Crippen LogP contribution in [0.1, 0.15) is 50.2 Å². The lowest BCUT2D eigenvalue weighted by molar-refractivity contribution is 0.144. The molecule has 2 nitrogen and oxygen atoms in total. The first kappa shape index (κ1) is 23.5. The highest BCUT2D eigenvalue weighted by Gasteiger charge is 2.57. The minimum atomic E-state index is -1.53. The Morgan fingerprint density at radius 2 is 1.36 bits per heavy atom. The van der Waals surface area contributed by atoms with Gasteiger partial charge in [0.05, 0.1) is 0 Å². The summed E-state index contributed by atoms with van der Waals surface area (Å²) in [6.07, 6.45) is 6.60. The fourth-order valence-corrected chi connectivity index (χ4v) is 9.24. The van der Waals surface area contributed by atoms with Gasteiger partial charge < -0.3 is 10.0 Å². The fraction of sp³-hybridized carbons (Fsp3) is 0.278. The molecule has 5 aromatic carbocycles. The summed E-state index contributed by atoms with van der Waals surface area (Å²) in [5, 5.41) is 24.8. The standard InChI is InChI=1S/C36H33BO2/c1-2-24-19-22-15-17-25(20-22)36(24)32-14-8-7-9-26(32)27-18-16-23(21-33(27)36)34-28-10-3-5-12-30(28)35(37(38)39)31-13-6-4-11-29(31)34/h3-14,16,18,21-22,24-25,38-39H,2,15,17,19-20H2,1H3. The van der Waals surface area contributed by atoms with E-state index in [0.29, 0.717) is 17.3 Å². The molecule has 4 unspecified atom stereocenters. The minimum absolute atomic E-state index is 0.0799. The summed E-state index contributed by atoms with van der Waals surface area (Å²) in [6.45, 7) is 2.40. The lowest BCUT2D eigenvalue weighted by Gasteiger charge is -2.48. The van der Waals surface area contributed by atoms with Gasteiger partial charge in [-0.3, -0.25) is 0 Å². The van der Waals surface area contributed by atoms with Gasteiger partial charge >= 0.3 is 7.12 Å². The van der Waals surface area contributed by atoms with Crippen molar-refractivity contribution in [1.82, 2.24) is 0 Å². The van der Waals surface area contributed by atoms with Crippen molar-refractivity contribution in [3.8, 4) is 22.3 Å². The van der Waals surface area contributed by atoms with Gasteiger partial charge in [0.2, 0.25) is 0 Å². The summed E-state index contributed by atoms with van der Waals surface area (Å²) >= 11 is 0. The zero-order chi connectivity index (χ0) is 26.3. The Bertz CT molecular complexity index is 1710. The summed E-state index contributed by atoms with van der Waals surface area (Å²) in [7, 11) is -1.53. The molecule has 0 aliphatic heterocycles. The molecule has 0 amide bonds. The average molecular weight is 508 g/mol. The van der Waals surface area contributed by atoms with Crippen LogP contribution in [-0.4, -0.2) is 17.2 Å². The summed E-state index contributed by atoms with van der Waals surface area (Å²) in [5.41, 5.74) is 9.00. The lowest BCUT2D eigenvalue weighted by atomic mass is 9.55. The predicted octanol–water partition coefficient (Wildman–Crippen LogP) is 7.45. The molecule has 0 radical (unpaired) electrons. The van der Waals surface area contributed by atoms with Crippen LogP contribution in [0.5, 0.6) is 0 Å². The molecule has 2 bridgehead atoms. The smallest absolute Gasteiger partial charge is 0.423 e. The molecular formula is C36H33BO2. The lowest BCUT2D eigenvalue weighted by Crippen LogP contribution is -2.44. The Balaban J connectivity index is 1.46. The van der Waals surface area contributed by atoms with Gasteiger partial charge in [-0.15, -0.1) is 0 Å². The Hall–Kier alpha value is -3.40. The zero-order valence-corrected chi connectivity index (χ0v) is 22.4. The highest BCUT2D eigenvalue weighted by molar-refractivity contribution is 6.66. The quantitative estimate of drug-likeness (QED) is 0.196. The third-order valence-electron chi connectivity index (χ3n) is 10.6. The van der Waals surface area contributed by atoms with Crippen LogP contribution in [0.4, 0.5) is 0 Å². The minimum Gasteiger partial charge on any atom is -0.423 e. The van der Waals surface area contributed by atoms with Crippen LogP contribution in [0.25, 0.3) is 43.8 Å². The van der Waals surface area contributed by atoms with Gasteiger partial charge in [-0.2, -0.15) is 0 Å². The Kier molecular flexibility index (Phi) is 5.15. The maximum Gasteiger partial charge on any atom is 0.489 e. The molecule has 0 saturated heterocycles. The zero-order valence-electron chi connectivity index (χ0n) is 22.4. The molecular weight excluding hydrogens is 475 g/mol. The van der Waals surface area contributed by atoms with E-state index < -0.39 is 7.12 Å². The van der Waals surface area contributed by atoms with Gasteiger partial charge in [0.15, 0.2) is 0 Å². The van der Waals surface area contributed by atoms with Crippen molar-refractivity contribution in [3.05, 3.63) is 102 Å². The van der Waals surface area contributed by atoms with Gasteiger partial charge in [0.25, 0.3) is 0 Å². The number of rotatable bonds is 3. The SMILES string of the molecule is CCC1CC2CCC(C2)C12c1ccccc1-c1ccc(-c3c4ccccc4c(B(O)O)c4ccccc34)cc12. The molecule has 2 N–H and O–H groups in total. The Labute approximate surface area is 230 Å². The molecule has 0 aromatic heterocycles. The Morgan fingerprint density at radius 3 is 2.05 bits per heavy atom. The van der Waals surface area contributed by atoms with E-state index in [9.17, 15) is 10.0 Å². The van der Waals surface area contributed by atoms with E-state index in [0.717, 1.165) is 27.5 Å². The fourth-order valence-electron chi connectivity index (χ4n) is 9.24. The summed E-state index contributed by atoms with van der Waals surface area (Å²) in [6, 6.07) is 32.9. The Morgan fingerprint density at radius 1 is 0.718 bits per heavy atom. The predicted molar refractivity (Wildman–Crippen MR) is 162 cm³/mol. The van der Waals surface area contributed by atoms with Gasteiger partial charge in [0, 0.05) is 5.41 Å². The van der Waals surface area contributed by atoms with Gasteiger partial charge in [0.1, 0.15) is 0 Å². The highest BCUT2D eigenvalue weighted by atomic mass is 16.4. The molecule has 5 aromatic rings. The van der Waals surface area contributed by atoms with Crippen molar-refractivity contribution in [2.45, 2.75) is 44.4 Å². The van der Waals surface area contributed by atoms with Crippen LogP contribution in [0.2, 0.25) is 0 Å². The second-order valence-corrected chi connectivity index (χ2v) is 12.1. The van der Waals surface area contributed by atoms with E-state index >= 15 is 0 Å². The van der Waals surface area contributed by atoms with Crippen molar-refractivity contribution in [2.24, 2.45) is 17.8 Å². The average Bonchev–Trinajstić information content (AvgIpc) is 3.50. The second-order valence-electron chi connectivity index (χ2n) is 12.1. The van der Waals surface area contributed by atoms with Crippen LogP contribution in [-0.2, 0) is 5.41 Å². The highest BCUT2D eigenvalue weighted by Crippen LogP contribution is 2.66. The maximum atomic E-state index is 10.4. The summed E-state index contributed by atoms with van der Waals surface area (Å²) < 4.78 is 0. The molecule has 3 aliphatic carbocycles. The van der Waals surface area contributed by atoms with E-state index in [-0.39, 0.29) is 5.41 Å². The van der Waals surface area contributed by atoms with Crippen LogP contribution in [0, 0.1) is 17.8 Å². The molecule has 3 heteroatoms. The molecule has 4 atom stereocenters. The van der Waals surface area contributed by atoms with Crippen molar-refractivity contribution < 1.29 is 10.0 Å². The van der Waals surface area contributed by atoms with Crippen molar-refractivity contribution in [2.75, 3.05) is 0 Å². The number of hydrogen-bond donors (Lipinski definition) is 2. The topological polar surface area (TPSA) is 40.5 Å². The van der Waals surface area contributed by atoms with E-state index in [2.05, 4.69) is 73.7 Å². The molecule has 8 rings (SSSR count). The van der Waals surface area contributed by atoms with E-state index in [1.807, 2.05) is 24.3 Å². The van der Waals surface area contributed by atoms with E-state index in [1.165, 1.54) is 59.9 Å². The van der Waals surface area contributed by atoms with Crippen LogP contribution < -0.4 is 5.46 Å². The first-order valence-electron chi connectivity index (χ1n) is 14.7. The van der Waals surface area contributed by atoms with Crippen LogP contribution in [0.15, 0.2) is 91.0 Å². The molecule has 1 spiro atoms. The maximum absolute atomic E-state index is 10.4. The molecule has 2 saturated carbocycles. The molecule has 0 heterocycles. The first-order valence-corrected chi connectivity index (χ1v) is 14.7. The van der Waals surface area contributed by atoms with Crippen molar-refractivity contribution in [3.63, 3.8) is 0 Å².